The van der Waals surface area contributed by atoms with Crippen molar-refractivity contribution in [3.63, 3.8) is 0 Å². The third-order valence-electron chi connectivity index (χ3n) is 1.71. The normalized spacial score (nSPS) is 14.0. The average molecular weight is 164 g/mol. The van der Waals surface area contributed by atoms with Gasteiger partial charge in [-0.3, -0.25) is 4.70 Å². The fraction of sp³-hybridized carbons (Fsp3) is 0.750. The molecule has 2 atom stereocenters. The number of rotatable bonds is 4. The molecule has 0 N–H and O–H groups in total. The van der Waals surface area contributed by atoms with Crippen LogP contribution in [0.1, 0.15) is 26.7 Å². The van der Waals surface area contributed by atoms with Crippen LogP contribution in [0.15, 0.2) is 0 Å². The Hall–Kier alpha value is -1.42. The molecule has 0 amide bonds. The van der Waals surface area contributed by atoms with E-state index < -0.39 is 12.1 Å². The van der Waals surface area contributed by atoms with Crippen molar-refractivity contribution in [3.8, 4) is 12.1 Å². The second-order valence-electron chi connectivity index (χ2n) is 2.49. The van der Waals surface area contributed by atoms with Crippen molar-refractivity contribution in [2.45, 2.75) is 38.8 Å². The maximum absolute atomic E-state index is 9.36. The standard InChI is InChI=1S/C8H12N4/c1-3-7(5-9)12(11)8(4-2)6-10/h7-8H,3-4H2,1-2H3. The largest absolute Gasteiger partial charge is 0.504 e. The quantitative estimate of drug-likeness (QED) is 0.467. The van der Waals surface area contributed by atoms with E-state index in [4.69, 9.17) is 10.5 Å². The summed E-state index contributed by atoms with van der Waals surface area (Å²) in [5, 5.41) is 17.2. The molecule has 0 bridgehead atoms. The van der Waals surface area contributed by atoms with E-state index in [-0.39, 0.29) is 0 Å². The molecule has 0 aliphatic rings. The molecule has 0 radical (unpaired) electrons. The smallest absolute Gasteiger partial charge is 0.228 e. The minimum Gasteiger partial charge on any atom is -0.504 e. The highest BCUT2D eigenvalue weighted by Crippen LogP contribution is 2.04. The van der Waals surface area contributed by atoms with Crippen molar-refractivity contribution in [3.05, 3.63) is 5.53 Å². The number of nitriles is 2. The lowest BCUT2D eigenvalue weighted by molar-refractivity contribution is -0.596. The maximum Gasteiger partial charge on any atom is 0.228 e. The molecule has 0 aromatic carbocycles. The Bertz CT molecular complexity index is 208. The van der Waals surface area contributed by atoms with Gasteiger partial charge in [0.1, 0.15) is 12.1 Å². The second kappa shape index (κ2) is 5.26. The van der Waals surface area contributed by atoms with Gasteiger partial charge < -0.3 is 5.53 Å². The summed E-state index contributed by atoms with van der Waals surface area (Å²) in [6, 6.07) is 2.70. The van der Waals surface area contributed by atoms with E-state index in [2.05, 4.69) is 0 Å². The Morgan fingerprint density at radius 1 is 1.17 bits per heavy atom. The molecule has 4 heteroatoms. The van der Waals surface area contributed by atoms with Gasteiger partial charge >= 0.3 is 0 Å². The molecule has 0 saturated heterocycles. The molecule has 0 aliphatic carbocycles. The predicted octanol–water partition coefficient (Wildman–Crippen LogP) is 1.62. The number of nitrogens with zero attached hydrogens (tertiary/aromatic N) is 4. The van der Waals surface area contributed by atoms with Crippen molar-refractivity contribution >= 4 is 0 Å². The highest BCUT2D eigenvalue weighted by atomic mass is 15.2. The molecule has 0 aromatic rings. The predicted molar refractivity (Wildman–Crippen MR) is 43.0 cm³/mol. The summed E-state index contributed by atoms with van der Waals surface area (Å²) in [6.07, 6.45) is 1.04. The summed E-state index contributed by atoms with van der Waals surface area (Å²) in [4.78, 5) is 0. The lowest BCUT2D eigenvalue weighted by atomic mass is 10.2. The van der Waals surface area contributed by atoms with Gasteiger partial charge in [0.25, 0.3) is 0 Å². The minimum atomic E-state index is -0.574. The molecule has 2 unspecified atom stereocenters. The van der Waals surface area contributed by atoms with Crippen LogP contribution in [-0.2, 0) is 0 Å². The highest BCUT2D eigenvalue weighted by molar-refractivity contribution is 4.87. The molecule has 0 aliphatic heterocycles. The third-order valence-corrected chi connectivity index (χ3v) is 1.71. The lowest BCUT2D eigenvalue weighted by Crippen LogP contribution is -2.30. The number of hydrogen-bond donors (Lipinski definition) is 0. The van der Waals surface area contributed by atoms with Crippen LogP contribution in [-0.4, -0.2) is 16.8 Å². The molecule has 0 rings (SSSR count). The molecule has 12 heavy (non-hydrogen) atoms. The molecular weight excluding hydrogens is 152 g/mol. The lowest BCUT2D eigenvalue weighted by Gasteiger charge is -2.14. The minimum absolute atomic E-state index is 0.519. The van der Waals surface area contributed by atoms with Crippen LogP contribution in [0.25, 0.3) is 5.53 Å². The Labute approximate surface area is 72.5 Å². The summed E-state index contributed by atoms with van der Waals surface area (Å²) < 4.78 is 0.833. The molecule has 0 saturated carbocycles. The Balaban J connectivity index is 4.38. The average Bonchev–Trinajstić information content (AvgIpc) is 2.09. The van der Waals surface area contributed by atoms with Crippen LogP contribution in [0.3, 0.4) is 0 Å². The van der Waals surface area contributed by atoms with Crippen LogP contribution in [0.4, 0.5) is 0 Å². The molecule has 4 nitrogen and oxygen atoms in total. The van der Waals surface area contributed by atoms with Crippen molar-refractivity contribution in [1.82, 2.24) is 0 Å². The van der Waals surface area contributed by atoms with Crippen LogP contribution in [0.2, 0.25) is 0 Å². The zero-order valence-electron chi connectivity index (χ0n) is 7.36. The van der Waals surface area contributed by atoms with Crippen molar-refractivity contribution < 1.29 is 4.70 Å². The zero-order chi connectivity index (χ0) is 9.56. The first-order chi connectivity index (χ1) is 5.71. The van der Waals surface area contributed by atoms with E-state index in [0.29, 0.717) is 12.8 Å². The summed E-state index contributed by atoms with van der Waals surface area (Å²) in [5.74, 6) is 0. The van der Waals surface area contributed by atoms with Gasteiger partial charge in [-0.1, -0.05) is 13.8 Å². The van der Waals surface area contributed by atoms with E-state index in [1.165, 1.54) is 0 Å². The van der Waals surface area contributed by atoms with Gasteiger partial charge in [0.05, 0.1) is 0 Å². The van der Waals surface area contributed by atoms with Crippen molar-refractivity contribution in [2.24, 2.45) is 0 Å². The van der Waals surface area contributed by atoms with Crippen molar-refractivity contribution in [2.75, 3.05) is 0 Å². The van der Waals surface area contributed by atoms with Crippen molar-refractivity contribution in [1.29, 1.82) is 10.5 Å². The van der Waals surface area contributed by atoms with Gasteiger partial charge in [-0.15, -0.1) is 0 Å². The third kappa shape index (κ3) is 2.32. The Kier molecular flexibility index (Phi) is 4.64. The topological polar surface area (TPSA) is 72.9 Å². The monoisotopic (exact) mass is 164 g/mol. The first-order valence-electron chi connectivity index (χ1n) is 3.97. The second-order valence-corrected chi connectivity index (χ2v) is 2.49. The van der Waals surface area contributed by atoms with Crippen LogP contribution < -0.4 is 0 Å². The van der Waals surface area contributed by atoms with Crippen LogP contribution in [0, 0.1) is 22.7 Å². The molecule has 0 spiro atoms. The molecule has 0 fully saturated rings. The zero-order valence-corrected chi connectivity index (χ0v) is 7.36. The van der Waals surface area contributed by atoms with Gasteiger partial charge in [-0.2, -0.15) is 10.5 Å². The molecule has 64 valence electrons. The SMILES string of the molecule is CCC(C#N)[N+](=[N-])C(C#N)CC. The van der Waals surface area contributed by atoms with E-state index in [9.17, 15) is 5.53 Å². The summed E-state index contributed by atoms with van der Waals surface area (Å²) in [5.41, 5.74) is 9.36. The highest BCUT2D eigenvalue weighted by Gasteiger charge is 2.20. The van der Waals surface area contributed by atoms with E-state index >= 15 is 0 Å². The van der Waals surface area contributed by atoms with E-state index in [0.717, 1.165) is 4.70 Å². The molecular formula is C8H12N4. The number of hydrogen-bond acceptors (Lipinski definition) is 2. The first kappa shape index (κ1) is 10.6. The van der Waals surface area contributed by atoms with Crippen LogP contribution >= 0.6 is 0 Å². The maximum atomic E-state index is 9.36. The summed E-state index contributed by atoms with van der Waals surface area (Å²) in [7, 11) is 0. The Morgan fingerprint density at radius 3 is 1.67 bits per heavy atom. The van der Waals surface area contributed by atoms with Gasteiger partial charge in [-0.05, 0) is 0 Å². The van der Waals surface area contributed by atoms with Gasteiger partial charge in [0, 0.05) is 12.8 Å². The van der Waals surface area contributed by atoms with Gasteiger partial charge in [0.15, 0.2) is 0 Å². The van der Waals surface area contributed by atoms with Gasteiger partial charge in [0.2, 0.25) is 12.1 Å². The first-order valence-corrected chi connectivity index (χ1v) is 3.97. The fourth-order valence-electron chi connectivity index (χ4n) is 0.892. The molecule has 0 aromatic heterocycles. The Morgan fingerprint density at radius 2 is 1.50 bits per heavy atom. The summed E-state index contributed by atoms with van der Waals surface area (Å²) in [6.45, 7) is 3.59. The van der Waals surface area contributed by atoms with Crippen LogP contribution in [0.5, 0.6) is 0 Å². The molecule has 0 heterocycles. The summed E-state index contributed by atoms with van der Waals surface area (Å²) >= 11 is 0. The van der Waals surface area contributed by atoms with E-state index in [1.54, 1.807) is 13.8 Å². The fourth-order valence-corrected chi connectivity index (χ4v) is 0.892. The van der Waals surface area contributed by atoms with E-state index in [1.807, 2.05) is 12.1 Å². The van der Waals surface area contributed by atoms with Gasteiger partial charge in [-0.25, -0.2) is 0 Å².